The summed E-state index contributed by atoms with van der Waals surface area (Å²) in [5, 5.41) is 2.48. The highest BCUT2D eigenvalue weighted by Crippen LogP contribution is 2.24. The number of carbonyl (C=O) groups excluding carboxylic acids is 3. The minimum Gasteiger partial charge on any atom is -0.496 e. The van der Waals surface area contributed by atoms with Crippen LogP contribution in [0.1, 0.15) is 10.4 Å². The summed E-state index contributed by atoms with van der Waals surface area (Å²) >= 11 is 0. The average molecular weight is 289 g/mol. The van der Waals surface area contributed by atoms with Crippen LogP contribution in [0.2, 0.25) is 0 Å². The van der Waals surface area contributed by atoms with Gasteiger partial charge in [-0.05, 0) is 12.1 Å². The van der Waals surface area contributed by atoms with Crippen molar-refractivity contribution in [1.29, 1.82) is 0 Å². The van der Waals surface area contributed by atoms with Gasteiger partial charge in [0.15, 0.2) is 0 Å². The minimum atomic E-state index is -0.380. The summed E-state index contributed by atoms with van der Waals surface area (Å²) in [4.78, 5) is 38.3. The molecule has 1 aromatic carbocycles. The largest absolute Gasteiger partial charge is 0.496 e. The van der Waals surface area contributed by atoms with Crippen LogP contribution in [0.15, 0.2) is 24.3 Å². The fraction of sp³-hybridized carbons (Fsp3) is 0.357. The lowest BCUT2D eigenvalue weighted by molar-refractivity contribution is -0.128. The summed E-state index contributed by atoms with van der Waals surface area (Å²) in [6, 6.07) is 6.36. The van der Waals surface area contributed by atoms with Crippen molar-refractivity contribution < 1.29 is 19.1 Å². The highest BCUT2D eigenvalue weighted by atomic mass is 16.5. The van der Waals surface area contributed by atoms with Gasteiger partial charge in [0.05, 0.1) is 25.3 Å². The van der Waals surface area contributed by atoms with Crippen LogP contribution in [0, 0.1) is 0 Å². The molecule has 21 heavy (non-hydrogen) atoms. The molecule has 1 N–H and O–H groups in total. The molecule has 0 bridgehead atoms. The van der Waals surface area contributed by atoms with Gasteiger partial charge in [0.2, 0.25) is 5.91 Å². The standard InChI is InChI=1S/C14H15N3O4/c1-21-11-5-3-2-4-10(11)13(19)16-7-9(8-16)17-12(18)6-15-14(17)20/h2-5,9H,6-8H2,1H3,(H,15,20). The van der Waals surface area contributed by atoms with Crippen LogP contribution in [0.3, 0.4) is 0 Å². The van der Waals surface area contributed by atoms with Gasteiger partial charge in [-0.1, -0.05) is 12.1 Å². The number of rotatable bonds is 3. The molecule has 2 aliphatic rings. The number of nitrogens with one attached hydrogen (secondary N) is 1. The molecule has 7 nitrogen and oxygen atoms in total. The van der Waals surface area contributed by atoms with E-state index in [4.69, 9.17) is 4.74 Å². The molecule has 1 aromatic rings. The van der Waals surface area contributed by atoms with Crippen LogP contribution < -0.4 is 10.1 Å². The van der Waals surface area contributed by atoms with E-state index in [1.807, 2.05) is 0 Å². The van der Waals surface area contributed by atoms with Crippen molar-refractivity contribution in [3.05, 3.63) is 29.8 Å². The minimum absolute atomic E-state index is 0.0375. The Morgan fingerprint density at radius 3 is 2.62 bits per heavy atom. The Morgan fingerprint density at radius 1 is 1.29 bits per heavy atom. The molecule has 110 valence electrons. The second-order valence-electron chi connectivity index (χ2n) is 4.99. The summed E-state index contributed by atoms with van der Waals surface area (Å²) in [5.41, 5.74) is 0.482. The first-order valence-corrected chi connectivity index (χ1v) is 6.64. The van der Waals surface area contributed by atoms with E-state index in [0.29, 0.717) is 24.4 Å². The molecule has 0 spiro atoms. The Bertz CT molecular complexity index is 594. The van der Waals surface area contributed by atoms with Crippen molar-refractivity contribution in [1.82, 2.24) is 15.1 Å². The second-order valence-corrected chi connectivity index (χ2v) is 4.99. The molecular weight excluding hydrogens is 274 g/mol. The van der Waals surface area contributed by atoms with Crippen molar-refractivity contribution in [3.63, 3.8) is 0 Å². The molecular formula is C14H15N3O4. The number of carbonyl (C=O) groups is 3. The number of ether oxygens (including phenoxy) is 1. The normalized spacial score (nSPS) is 18.5. The molecule has 2 aliphatic heterocycles. The smallest absolute Gasteiger partial charge is 0.324 e. The molecule has 3 rings (SSSR count). The van der Waals surface area contributed by atoms with Crippen LogP contribution in [-0.4, -0.2) is 60.4 Å². The Balaban J connectivity index is 1.67. The predicted octanol–water partition coefficient (Wildman–Crippen LogP) is 0.0714. The van der Waals surface area contributed by atoms with Crippen molar-refractivity contribution in [2.45, 2.75) is 6.04 Å². The van der Waals surface area contributed by atoms with Crippen LogP contribution in [0.5, 0.6) is 5.75 Å². The molecule has 0 atom stereocenters. The summed E-state index contributed by atoms with van der Waals surface area (Å²) in [6.45, 7) is 0.752. The van der Waals surface area contributed by atoms with Crippen LogP contribution in [0.25, 0.3) is 0 Å². The van der Waals surface area contributed by atoms with Gasteiger partial charge in [0.25, 0.3) is 5.91 Å². The van der Waals surface area contributed by atoms with Crippen LogP contribution >= 0.6 is 0 Å². The van der Waals surface area contributed by atoms with E-state index in [0.717, 1.165) is 0 Å². The Hall–Kier alpha value is -2.57. The Kier molecular flexibility index (Phi) is 3.25. The van der Waals surface area contributed by atoms with Crippen LogP contribution in [0.4, 0.5) is 4.79 Å². The van der Waals surface area contributed by atoms with Gasteiger partial charge >= 0.3 is 6.03 Å². The molecule has 2 heterocycles. The SMILES string of the molecule is COc1ccccc1C(=O)N1CC(N2C(=O)CNC2=O)C1. The van der Waals surface area contributed by atoms with Gasteiger partial charge in [-0.2, -0.15) is 0 Å². The lowest BCUT2D eigenvalue weighted by Gasteiger charge is -2.42. The number of nitrogens with zero attached hydrogens (tertiary/aromatic N) is 2. The van der Waals surface area contributed by atoms with Crippen molar-refractivity contribution in [2.75, 3.05) is 26.7 Å². The number of hydrogen-bond acceptors (Lipinski definition) is 4. The molecule has 0 aromatic heterocycles. The zero-order chi connectivity index (χ0) is 15.0. The topological polar surface area (TPSA) is 79.0 Å². The first kappa shape index (κ1) is 13.4. The summed E-state index contributed by atoms with van der Waals surface area (Å²) < 4.78 is 5.17. The van der Waals surface area contributed by atoms with E-state index < -0.39 is 0 Å². The summed E-state index contributed by atoms with van der Waals surface area (Å²) in [5.74, 6) is 0.117. The summed E-state index contributed by atoms with van der Waals surface area (Å²) in [7, 11) is 1.51. The van der Waals surface area contributed by atoms with Gasteiger partial charge in [0, 0.05) is 13.1 Å². The van der Waals surface area contributed by atoms with Gasteiger partial charge in [-0.25, -0.2) is 4.79 Å². The predicted molar refractivity (Wildman–Crippen MR) is 72.9 cm³/mol. The maximum Gasteiger partial charge on any atom is 0.324 e. The average Bonchev–Trinajstić information content (AvgIpc) is 2.77. The number of amides is 4. The van der Waals surface area contributed by atoms with E-state index >= 15 is 0 Å². The second kappa shape index (κ2) is 5.08. The zero-order valence-electron chi connectivity index (χ0n) is 11.5. The first-order chi connectivity index (χ1) is 10.1. The number of benzene rings is 1. The van der Waals surface area contributed by atoms with Crippen LogP contribution in [-0.2, 0) is 4.79 Å². The molecule has 7 heteroatoms. The number of hydrogen-bond donors (Lipinski definition) is 1. The lowest BCUT2D eigenvalue weighted by atomic mass is 10.0. The van der Waals surface area contributed by atoms with E-state index in [1.165, 1.54) is 12.0 Å². The molecule has 0 saturated carbocycles. The molecule has 0 unspecified atom stereocenters. The third-order valence-electron chi connectivity index (χ3n) is 3.73. The zero-order valence-corrected chi connectivity index (χ0v) is 11.5. The van der Waals surface area contributed by atoms with E-state index in [2.05, 4.69) is 5.32 Å². The highest BCUT2D eigenvalue weighted by molar-refractivity contribution is 6.03. The van der Waals surface area contributed by atoms with E-state index in [-0.39, 0.29) is 30.4 Å². The number of methoxy groups -OCH3 is 1. The van der Waals surface area contributed by atoms with Gasteiger partial charge in [-0.15, -0.1) is 0 Å². The first-order valence-electron chi connectivity index (χ1n) is 6.64. The third kappa shape index (κ3) is 2.20. The van der Waals surface area contributed by atoms with Crippen molar-refractivity contribution in [2.24, 2.45) is 0 Å². The number of urea groups is 1. The monoisotopic (exact) mass is 289 g/mol. The number of likely N-dealkylation sites (tertiary alicyclic amines) is 1. The maximum absolute atomic E-state index is 12.4. The summed E-state index contributed by atoms with van der Waals surface area (Å²) in [6.07, 6.45) is 0. The van der Waals surface area contributed by atoms with Gasteiger partial charge in [0.1, 0.15) is 5.75 Å². The number of imide groups is 1. The van der Waals surface area contributed by atoms with E-state index in [9.17, 15) is 14.4 Å². The third-order valence-corrected chi connectivity index (χ3v) is 3.73. The van der Waals surface area contributed by atoms with Crippen molar-refractivity contribution >= 4 is 17.8 Å². The lowest BCUT2D eigenvalue weighted by Crippen LogP contribution is -2.62. The molecule has 2 saturated heterocycles. The highest BCUT2D eigenvalue weighted by Gasteiger charge is 2.43. The Labute approximate surface area is 121 Å². The fourth-order valence-corrected chi connectivity index (χ4v) is 2.58. The van der Waals surface area contributed by atoms with Crippen molar-refractivity contribution in [3.8, 4) is 5.75 Å². The fourth-order valence-electron chi connectivity index (χ4n) is 2.58. The van der Waals surface area contributed by atoms with E-state index in [1.54, 1.807) is 29.2 Å². The van der Waals surface area contributed by atoms with Gasteiger partial charge in [-0.3, -0.25) is 14.5 Å². The maximum atomic E-state index is 12.4. The molecule has 0 aliphatic carbocycles. The van der Waals surface area contributed by atoms with Gasteiger partial charge < -0.3 is 15.0 Å². The molecule has 0 radical (unpaired) electrons. The number of para-hydroxylation sites is 1. The molecule has 2 fully saturated rings. The molecule has 4 amide bonds. The quantitative estimate of drug-likeness (QED) is 0.799. The Morgan fingerprint density at radius 2 is 2.00 bits per heavy atom.